The van der Waals surface area contributed by atoms with Crippen molar-refractivity contribution in [1.29, 1.82) is 0 Å². The zero-order chi connectivity index (χ0) is 16.6. The smallest absolute Gasteiger partial charge is 0.229 e. The van der Waals surface area contributed by atoms with E-state index in [-0.39, 0.29) is 23.8 Å². The predicted molar refractivity (Wildman–Crippen MR) is 90.3 cm³/mol. The van der Waals surface area contributed by atoms with Gasteiger partial charge in [-0.2, -0.15) is 0 Å². The van der Waals surface area contributed by atoms with Crippen molar-refractivity contribution in [2.75, 3.05) is 32.0 Å². The first kappa shape index (κ1) is 16.0. The van der Waals surface area contributed by atoms with Crippen molar-refractivity contribution in [2.45, 2.75) is 32.2 Å². The molecule has 3 rings (SSSR count). The van der Waals surface area contributed by atoms with Gasteiger partial charge in [0.25, 0.3) is 0 Å². The number of rotatable bonds is 4. The predicted octanol–water partition coefficient (Wildman–Crippen LogP) is 1.91. The van der Waals surface area contributed by atoms with Gasteiger partial charge in [0.2, 0.25) is 11.8 Å². The summed E-state index contributed by atoms with van der Waals surface area (Å²) >= 11 is 0. The van der Waals surface area contributed by atoms with Gasteiger partial charge in [-0.1, -0.05) is 26.0 Å². The fourth-order valence-corrected chi connectivity index (χ4v) is 3.32. The number of amides is 2. The van der Waals surface area contributed by atoms with Gasteiger partial charge >= 0.3 is 0 Å². The van der Waals surface area contributed by atoms with Crippen LogP contribution in [0.15, 0.2) is 24.3 Å². The number of carbonyl (C=O) groups excluding carboxylic acids is 2. The van der Waals surface area contributed by atoms with Gasteiger partial charge in [0.15, 0.2) is 0 Å². The number of nitrogens with one attached hydrogen (secondary N) is 1. The minimum atomic E-state index is -0.238. The Kier molecular flexibility index (Phi) is 4.39. The van der Waals surface area contributed by atoms with Crippen LogP contribution < -0.4 is 5.32 Å². The summed E-state index contributed by atoms with van der Waals surface area (Å²) < 4.78 is 0. The second kappa shape index (κ2) is 6.32. The molecule has 2 fully saturated rings. The maximum atomic E-state index is 12.4. The van der Waals surface area contributed by atoms with Gasteiger partial charge < -0.3 is 15.1 Å². The highest BCUT2D eigenvalue weighted by Gasteiger charge is 2.41. The molecule has 1 N–H and O–H groups in total. The van der Waals surface area contributed by atoms with Gasteiger partial charge in [-0.25, -0.2) is 0 Å². The molecule has 1 aromatic rings. The Morgan fingerprint density at radius 2 is 1.83 bits per heavy atom. The molecule has 1 unspecified atom stereocenters. The highest BCUT2D eigenvalue weighted by Crippen LogP contribution is 2.25. The third kappa shape index (κ3) is 3.39. The minimum absolute atomic E-state index is 0.0502. The van der Waals surface area contributed by atoms with Crippen molar-refractivity contribution < 1.29 is 9.59 Å². The van der Waals surface area contributed by atoms with Crippen LogP contribution in [-0.2, 0) is 9.59 Å². The first-order valence-electron chi connectivity index (χ1n) is 8.33. The summed E-state index contributed by atoms with van der Waals surface area (Å²) in [4.78, 5) is 28.6. The molecule has 124 valence electrons. The summed E-state index contributed by atoms with van der Waals surface area (Å²) in [5.41, 5.74) is 2.05. The Hall–Kier alpha value is -1.88. The molecule has 23 heavy (non-hydrogen) atoms. The molecule has 0 bridgehead atoms. The van der Waals surface area contributed by atoms with Crippen molar-refractivity contribution >= 4 is 17.5 Å². The van der Waals surface area contributed by atoms with Crippen LogP contribution in [-0.4, -0.2) is 54.3 Å². The third-order valence-corrected chi connectivity index (χ3v) is 4.86. The second-order valence-electron chi connectivity index (χ2n) is 7.09. The lowest BCUT2D eigenvalue weighted by Gasteiger charge is -2.42. The van der Waals surface area contributed by atoms with Gasteiger partial charge in [0.05, 0.1) is 12.0 Å². The molecule has 5 heteroatoms. The van der Waals surface area contributed by atoms with E-state index in [1.807, 2.05) is 36.2 Å². The summed E-state index contributed by atoms with van der Waals surface area (Å²) in [5, 5.41) is 2.95. The average molecular weight is 315 g/mol. The summed E-state index contributed by atoms with van der Waals surface area (Å²) in [5.74, 6) is 0.295. The van der Waals surface area contributed by atoms with Crippen molar-refractivity contribution in [2.24, 2.45) is 5.92 Å². The second-order valence-corrected chi connectivity index (χ2v) is 7.09. The Labute approximate surface area is 137 Å². The van der Waals surface area contributed by atoms with E-state index in [0.29, 0.717) is 18.9 Å². The molecule has 2 amide bonds. The molecule has 0 aliphatic carbocycles. The molecule has 2 saturated heterocycles. The van der Waals surface area contributed by atoms with Crippen LogP contribution in [0.2, 0.25) is 0 Å². The Balaban J connectivity index is 1.57. The molecule has 5 nitrogen and oxygen atoms in total. The van der Waals surface area contributed by atoms with Crippen LogP contribution in [0.3, 0.4) is 0 Å². The highest BCUT2D eigenvalue weighted by atomic mass is 16.2. The van der Waals surface area contributed by atoms with Gasteiger partial charge in [-0.05, 0) is 30.7 Å². The molecule has 2 aliphatic heterocycles. The van der Waals surface area contributed by atoms with E-state index in [0.717, 1.165) is 18.8 Å². The fraction of sp³-hybridized carbons (Fsp3) is 0.556. The number of nitrogens with zero attached hydrogens (tertiary/aromatic N) is 2. The SMILES string of the molecule is CC(C)c1ccc(NC(=O)C2CC(=O)N(C3CN(C)C3)C2)cc1. The van der Waals surface area contributed by atoms with Crippen LogP contribution >= 0.6 is 0 Å². The van der Waals surface area contributed by atoms with E-state index in [1.165, 1.54) is 5.56 Å². The molecular weight excluding hydrogens is 290 g/mol. The average Bonchev–Trinajstić information content (AvgIpc) is 2.86. The number of hydrogen-bond acceptors (Lipinski definition) is 3. The lowest BCUT2D eigenvalue weighted by atomic mass is 10.0. The highest BCUT2D eigenvalue weighted by molar-refractivity contribution is 5.97. The fourth-order valence-electron chi connectivity index (χ4n) is 3.32. The first-order chi connectivity index (χ1) is 10.9. The number of benzene rings is 1. The summed E-state index contributed by atoms with van der Waals surface area (Å²) in [6, 6.07) is 8.23. The number of hydrogen-bond donors (Lipinski definition) is 1. The summed E-state index contributed by atoms with van der Waals surface area (Å²) in [7, 11) is 2.04. The molecule has 0 saturated carbocycles. The van der Waals surface area contributed by atoms with E-state index in [2.05, 4.69) is 24.1 Å². The maximum absolute atomic E-state index is 12.4. The third-order valence-electron chi connectivity index (χ3n) is 4.86. The Bertz CT molecular complexity index is 591. The number of anilines is 1. The molecule has 0 aromatic heterocycles. The lowest BCUT2D eigenvalue weighted by molar-refractivity contribution is -0.132. The van der Waals surface area contributed by atoms with E-state index in [9.17, 15) is 9.59 Å². The molecular formula is C18H25N3O2. The first-order valence-corrected chi connectivity index (χ1v) is 8.33. The van der Waals surface area contributed by atoms with Crippen LogP contribution in [0.4, 0.5) is 5.69 Å². The minimum Gasteiger partial charge on any atom is -0.336 e. The van der Waals surface area contributed by atoms with Crippen molar-refractivity contribution in [3.63, 3.8) is 0 Å². The van der Waals surface area contributed by atoms with Crippen LogP contribution in [0.5, 0.6) is 0 Å². The number of likely N-dealkylation sites (N-methyl/N-ethyl adjacent to an activating group) is 1. The summed E-state index contributed by atoms with van der Waals surface area (Å²) in [6.45, 7) is 6.66. The Morgan fingerprint density at radius 3 is 2.39 bits per heavy atom. The van der Waals surface area contributed by atoms with Crippen LogP contribution in [0, 0.1) is 5.92 Å². The van der Waals surface area contributed by atoms with E-state index in [1.54, 1.807) is 0 Å². The van der Waals surface area contributed by atoms with Gasteiger partial charge in [-0.3, -0.25) is 9.59 Å². The Morgan fingerprint density at radius 1 is 1.17 bits per heavy atom. The molecule has 2 heterocycles. The van der Waals surface area contributed by atoms with Crippen molar-refractivity contribution in [3.05, 3.63) is 29.8 Å². The zero-order valence-electron chi connectivity index (χ0n) is 14.1. The summed E-state index contributed by atoms with van der Waals surface area (Å²) in [6.07, 6.45) is 0.329. The van der Waals surface area contributed by atoms with E-state index >= 15 is 0 Å². The van der Waals surface area contributed by atoms with Gasteiger partial charge in [0, 0.05) is 31.7 Å². The molecule has 0 radical (unpaired) electrons. The molecule has 1 atom stereocenters. The van der Waals surface area contributed by atoms with Gasteiger partial charge in [0.1, 0.15) is 0 Å². The lowest BCUT2D eigenvalue weighted by Crippen LogP contribution is -2.58. The van der Waals surface area contributed by atoms with Crippen molar-refractivity contribution in [1.82, 2.24) is 9.80 Å². The van der Waals surface area contributed by atoms with E-state index < -0.39 is 0 Å². The monoisotopic (exact) mass is 315 g/mol. The zero-order valence-corrected chi connectivity index (χ0v) is 14.1. The molecule has 0 spiro atoms. The standard InChI is InChI=1S/C18H25N3O2/c1-12(2)13-4-6-15(7-5-13)19-18(23)14-8-17(22)21(9-14)16-10-20(3)11-16/h4-7,12,14,16H,8-11H2,1-3H3,(H,19,23). The van der Waals surface area contributed by atoms with Crippen LogP contribution in [0.1, 0.15) is 31.7 Å². The molecule has 1 aromatic carbocycles. The van der Waals surface area contributed by atoms with Gasteiger partial charge in [-0.15, -0.1) is 0 Å². The largest absolute Gasteiger partial charge is 0.336 e. The van der Waals surface area contributed by atoms with E-state index in [4.69, 9.17) is 0 Å². The quantitative estimate of drug-likeness (QED) is 0.923. The molecule has 2 aliphatic rings. The number of carbonyl (C=O) groups is 2. The normalized spacial score (nSPS) is 22.5. The van der Waals surface area contributed by atoms with Crippen LogP contribution in [0.25, 0.3) is 0 Å². The topological polar surface area (TPSA) is 52.7 Å². The van der Waals surface area contributed by atoms with Crippen molar-refractivity contribution in [3.8, 4) is 0 Å². The number of likely N-dealkylation sites (tertiary alicyclic amines) is 2. The maximum Gasteiger partial charge on any atom is 0.229 e.